The molecule has 0 spiro atoms. The fourth-order valence-electron chi connectivity index (χ4n) is 5.97. The zero-order valence-electron chi connectivity index (χ0n) is 18.0. The Morgan fingerprint density at radius 2 is 1.79 bits per heavy atom. The molecule has 2 aromatic carbocycles. The maximum absolute atomic E-state index is 2.69. The number of hydrogen-bond donors (Lipinski definition) is 0. The second-order valence-corrected chi connectivity index (χ2v) is 15.3. The van der Waals surface area contributed by atoms with Crippen molar-refractivity contribution in [3.05, 3.63) is 81.9 Å². The third kappa shape index (κ3) is 2.49. The molecule has 0 N–H and O–H groups in total. The Balaban J connectivity index is 1.69. The minimum atomic E-state index is -1.75. The first-order valence-electron chi connectivity index (χ1n) is 11.0. The van der Waals surface area contributed by atoms with Crippen LogP contribution in [-0.2, 0) is 16.6 Å². The van der Waals surface area contributed by atoms with Gasteiger partial charge in [-0.2, -0.15) is 0 Å². The van der Waals surface area contributed by atoms with Crippen LogP contribution in [-0.4, -0.2) is 25.8 Å². The molecule has 0 bridgehead atoms. The molecule has 3 aliphatic rings. The molecule has 2 heteroatoms. The van der Waals surface area contributed by atoms with E-state index in [0.29, 0.717) is 11.5 Å². The molecule has 2 aromatic rings. The van der Waals surface area contributed by atoms with Gasteiger partial charge in [0.1, 0.15) is 0 Å². The molecule has 28 heavy (non-hydrogen) atoms. The summed E-state index contributed by atoms with van der Waals surface area (Å²) < 4.78 is 0.173. The van der Waals surface area contributed by atoms with Crippen molar-refractivity contribution in [2.45, 2.75) is 55.5 Å². The SMILES string of the molecule is [Li][C]1([Si](C)(C)C2C=Cc3ccccc32)C=C(C(C)C)c2cc3c(cc21)CCC3. The van der Waals surface area contributed by atoms with Crippen LogP contribution in [0.15, 0.2) is 48.6 Å². The number of rotatable bonds is 3. The second-order valence-electron chi connectivity index (χ2n) is 10.2. The molecule has 5 rings (SSSR count). The van der Waals surface area contributed by atoms with Gasteiger partial charge in [0, 0.05) is 0 Å². The summed E-state index contributed by atoms with van der Waals surface area (Å²) in [5.74, 6) is 0.580. The van der Waals surface area contributed by atoms with E-state index in [9.17, 15) is 0 Å². The van der Waals surface area contributed by atoms with Crippen molar-refractivity contribution >= 4 is 37.4 Å². The van der Waals surface area contributed by atoms with Crippen LogP contribution in [0.4, 0.5) is 0 Å². The van der Waals surface area contributed by atoms with Crippen LogP contribution in [0.2, 0.25) is 13.1 Å². The van der Waals surface area contributed by atoms with E-state index in [-0.39, 0.29) is 3.71 Å². The normalized spacial score (nSPS) is 25.1. The molecule has 138 valence electrons. The van der Waals surface area contributed by atoms with Gasteiger partial charge in [-0.15, -0.1) is 0 Å². The van der Waals surface area contributed by atoms with Crippen molar-refractivity contribution in [1.29, 1.82) is 0 Å². The molecule has 0 saturated carbocycles. The standard InChI is InChI=1S/C26H29Si.Li/c1-17(2)22-16-26(24-15-20-10-7-9-19(20)14-23(22)24)27(3,4)25-13-12-18-8-5-6-11-21(18)25;/h5-6,8,11-17,25H,7,9-10H2,1-4H3;. The first-order valence-corrected chi connectivity index (χ1v) is 14.1. The van der Waals surface area contributed by atoms with Crippen molar-refractivity contribution in [2.24, 2.45) is 5.92 Å². The molecular formula is C26H29LiSi. The van der Waals surface area contributed by atoms with Gasteiger partial charge in [0.25, 0.3) is 0 Å². The summed E-state index contributed by atoms with van der Waals surface area (Å²) in [6.07, 6.45) is 11.4. The van der Waals surface area contributed by atoms with Gasteiger partial charge in [0.15, 0.2) is 0 Å². The van der Waals surface area contributed by atoms with Gasteiger partial charge >= 0.3 is 181 Å². The number of benzene rings is 2. The average molecular weight is 377 g/mol. The summed E-state index contributed by atoms with van der Waals surface area (Å²) in [6.45, 7) is 9.99. The van der Waals surface area contributed by atoms with E-state index in [4.69, 9.17) is 0 Å². The van der Waals surface area contributed by atoms with E-state index in [1.807, 2.05) is 0 Å². The third-order valence-corrected chi connectivity index (χ3v) is 13.2. The van der Waals surface area contributed by atoms with Gasteiger partial charge in [-0.25, -0.2) is 0 Å². The second kappa shape index (κ2) is 6.37. The fraction of sp³-hybridized carbons (Fsp3) is 0.385. The van der Waals surface area contributed by atoms with Crippen LogP contribution in [0.1, 0.15) is 59.2 Å². The first-order chi connectivity index (χ1) is 13.3. The number of allylic oxidation sites excluding steroid dienone is 3. The zero-order valence-corrected chi connectivity index (χ0v) is 19.0. The topological polar surface area (TPSA) is 0 Å². The molecule has 3 aliphatic carbocycles. The van der Waals surface area contributed by atoms with Crippen molar-refractivity contribution in [3.8, 4) is 0 Å². The molecule has 0 heterocycles. The van der Waals surface area contributed by atoms with E-state index in [0.717, 1.165) is 0 Å². The first kappa shape index (κ1) is 18.7. The van der Waals surface area contributed by atoms with Gasteiger partial charge < -0.3 is 0 Å². The van der Waals surface area contributed by atoms with Crippen molar-refractivity contribution in [1.82, 2.24) is 0 Å². The maximum atomic E-state index is 2.69. The monoisotopic (exact) mass is 376 g/mol. The number of hydrogen-bond acceptors (Lipinski definition) is 0. The van der Waals surface area contributed by atoms with Gasteiger partial charge in [0.2, 0.25) is 0 Å². The molecule has 0 aliphatic heterocycles. The van der Waals surface area contributed by atoms with Crippen LogP contribution in [0.25, 0.3) is 11.6 Å². The van der Waals surface area contributed by atoms with Crippen LogP contribution < -0.4 is 0 Å². The van der Waals surface area contributed by atoms with Gasteiger partial charge in [-0.05, 0) is 0 Å². The molecule has 2 unspecified atom stereocenters. The molecule has 0 radical (unpaired) electrons. The Kier molecular flexibility index (Phi) is 4.26. The van der Waals surface area contributed by atoms with Crippen LogP contribution in [0.3, 0.4) is 0 Å². The molecule has 0 amide bonds. The molecule has 0 fully saturated rings. The quantitative estimate of drug-likeness (QED) is 0.560. The summed E-state index contributed by atoms with van der Waals surface area (Å²) >= 11 is 2.56. The summed E-state index contributed by atoms with van der Waals surface area (Å²) in [5, 5.41) is 0. The van der Waals surface area contributed by atoms with Crippen LogP contribution >= 0.6 is 0 Å². The van der Waals surface area contributed by atoms with Crippen molar-refractivity contribution in [3.63, 3.8) is 0 Å². The van der Waals surface area contributed by atoms with E-state index >= 15 is 0 Å². The minimum absolute atomic E-state index is 0.173. The Labute approximate surface area is 180 Å². The predicted octanol–water partition coefficient (Wildman–Crippen LogP) is 6.19. The summed E-state index contributed by atoms with van der Waals surface area (Å²) in [5.41, 5.74) is 11.6. The van der Waals surface area contributed by atoms with Crippen molar-refractivity contribution in [2.75, 3.05) is 0 Å². The summed E-state index contributed by atoms with van der Waals surface area (Å²) in [7, 11) is -1.75. The Morgan fingerprint density at radius 1 is 1.07 bits per heavy atom. The summed E-state index contributed by atoms with van der Waals surface area (Å²) in [4.78, 5) is 0. The van der Waals surface area contributed by atoms with E-state index in [2.05, 4.69) is 99.3 Å². The van der Waals surface area contributed by atoms with E-state index in [1.54, 1.807) is 33.4 Å². The van der Waals surface area contributed by atoms with Gasteiger partial charge in [-0.3, -0.25) is 0 Å². The van der Waals surface area contributed by atoms with Gasteiger partial charge in [-0.1, -0.05) is 0 Å². The van der Waals surface area contributed by atoms with E-state index in [1.165, 1.54) is 24.8 Å². The third-order valence-electron chi connectivity index (χ3n) is 8.08. The predicted molar refractivity (Wildman–Crippen MR) is 124 cm³/mol. The number of fused-ring (bicyclic) bond motifs is 3. The van der Waals surface area contributed by atoms with Crippen LogP contribution in [0, 0.1) is 5.92 Å². The Hall–Kier alpha value is -1.27. The van der Waals surface area contributed by atoms with Gasteiger partial charge in [0.05, 0.1) is 0 Å². The van der Waals surface area contributed by atoms with Crippen molar-refractivity contribution < 1.29 is 0 Å². The molecule has 0 aromatic heterocycles. The molecule has 2 atom stereocenters. The Bertz CT molecular complexity index is 1030. The summed E-state index contributed by atoms with van der Waals surface area (Å²) in [6, 6.07) is 14.2. The van der Waals surface area contributed by atoms with E-state index < -0.39 is 8.07 Å². The van der Waals surface area contributed by atoms with Crippen LogP contribution in [0.5, 0.6) is 0 Å². The Morgan fingerprint density at radius 3 is 2.54 bits per heavy atom. The fourth-order valence-corrected chi connectivity index (χ4v) is 9.66. The zero-order chi connectivity index (χ0) is 19.7. The molecule has 0 saturated heterocycles. The average Bonchev–Trinajstić information content (AvgIpc) is 3.36. The molecule has 0 nitrogen and oxygen atoms in total. The number of aryl methyl sites for hydroxylation is 2. The molecular weight excluding hydrogens is 347 g/mol.